The highest BCUT2D eigenvalue weighted by Gasteiger charge is 2.22. The molecule has 1 saturated heterocycles. The predicted octanol–water partition coefficient (Wildman–Crippen LogP) is 2.95. The van der Waals surface area contributed by atoms with Crippen molar-refractivity contribution in [3.63, 3.8) is 0 Å². The van der Waals surface area contributed by atoms with Gasteiger partial charge in [-0.3, -0.25) is 0 Å². The number of rotatable bonds is 2. The minimum Gasteiger partial charge on any atom is -0.369 e. The first-order valence-electron chi connectivity index (χ1n) is 6.70. The van der Waals surface area contributed by atoms with Crippen LogP contribution in [0.5, 0.6) is 0 Å². The summed E-state index contributed by atoms with van der Waals surface area (Å²) in [4.78, 5) is 2.51. The first-order valence-corrected chi connectivity index (χ1v) is 6.70. The maximum Gasteiger partial charge on any atom is 0.0449 e. The summed E-state index contributed by atoms with van der Waals surface area (Å²) in [6.07, 6.45) is 1.23. The number of fused-ring (bicyclic) bond motifs is 1. The van der Waals surface area contributed by atoms with E-state index >= 15 is 0 Å². The Kier molecular flexibility index (Phi) is 2.96. The number of nitrogens with one attached hydrogen (secondary N) is 1. The van der Waals surface area contributed by atoms with Crippen LogP contribution >= 0.6 is 0 Å². The van der Waals surface area contributed by atoms with Gasteiger partial charge in [0.15, 0.2) is 0 Å². The van der Waals surface area contributed by atoms with Crippen molar-refractivity contribution in [3.8, 4) is 0 Å². The topological polar surface area (TPSA) is 15.3 Å². The van der Waals surface area contributed by atoms with Crippen molar-refractivity contribution < 1.29 is 0 Å². The quantitative estimate of drug-likeness (QED) is 0.868. The van der Waals surface area contributed by atoms with Crippen LogP contribution in [-0.4, -0.2) is 26.2 Å². The fourth-order valence-electron chi connectivity index (χ4n) is 2.98. The fourth-order valence-corrected chi connectivity index (χ4v) is 2.98. The van der Waals surface area contributed by atoms with E-state index in [0.717, 1.165) is 13.1 Å². The van der Waals surface area contributed by atoms with E-state index in [-0.39, 0.29) is 0 Å². The summed E-state index contributed by atoms with van der Waals surface area (Å²) >= 11 is 0. The van der Waals surface area contributed by atoms with Crippen LogP contribution in [0.25, 0.3) is 10.8 Å². The van der Waals surface area contributed by atoms with Crippen LogP contribution in [0.3, 0.4) is 0 Å². The molecule has 1 fully saturated rings. The van der Waals surface area contributed by atoms with Crippen LogP contribution in [-0.2, 0) is 0 Å². The summed E-state index contributed by atoms with van der Waals surface area (Å²) in [6.45, 7) is 4.47. The van der Waals surface area contributed by atoms with Crippen LogP contribution in [0.4, 0.5) is 5.69 Å². The Morgan fingerprint density at radius 3 is 2.67 bits per heavy atom. The van der Waals surface area contributed by atoms with Gasteiger partial charge >= 0.3 is 0 Å². The molecule has 0 aromatic heterocycles. The van der Waals surface area contributed by atoms with Gasteiger partial charge in [0.25, 0.3) is 0 Å². The third kappa shape index (κ3) is 1.87. The smallest absolute Gasteiger partial charge is 0.0449 e. The normalized spacial score (nSPS) is 19.7. The van der Waals surface area contributed by atoms with Crippen LogP contribution in [0.15, 0.2) is 36.4 Å². The van der Waals surface area contributed by atoms with Gasteiger partial charge in [0.1, 0.15) is 0 Å². The van der Waals surface area contributed by atoms with E-state index in [1.54, 1.807) is 0 Å². The second-order valence-corrected chi connectivity index (χ2v) is 5.17. The van der Waals surface area contributed by atoms with Crippen LogP contribution in [0.1, 0.15) is 12.0 Å². The number of benzene rings is 2. The summed E-state index contributed by atoms with van der Waals surface area (Å²) < 4.78 is 0. The molecule has 18 heavy (non-hydrogen) atoms. The summed E-state index contributed by atoms with van der Waals surface area (Å²) in [5.41, 5.74) is 2.76. The Morgan fingerprint density at radius 2 is 1.94 bits per heavy atom. The van der Waals surface area contributed by atoms with Gasteiger partial charge in [0, 0.05) is 30.2 Å². The molecule has 0 radical (unpaired) electrons. The summed E-state index contributed by atoms with van der Waals surface area (Å²) in [5.74, 6) is 0. The molecule has 2 nitrogen and oxygen atoms in total. The zero-order valence-corrected chi connectivity index (χ0v) is 11.1. The highest BCUT2D eigenvalue weighted by molar-refractivity contribution is 5.97. The average molecular weight is 240 g/mol. The maximum absolute atomic E-state index is 3.38. The van der Waals surface area contributed by atoms with Gasteiger partial charge in [-0.25, -0.2) is 0 Å². The zero-order valence-electron chi connectivity index (χ0n) is 11.1. The standard InChI is InChI=1S/C16H20N2/c1-12-5-3-6-13-7-4-8-15(16(12)13)18-10-9-14(11-18)17-2/h3-8,14,17H,9-11H2,1-2H3/t14-/m1/s1. The number of hydrogen-bond acceptors (Lipinski definition) is 2. The minimum absolute atomic E-state index is 0.629. The lowest BCUT2D eigenvalue weighted by atomic mass is 10.0. The molecule has 0 spiro atoms. The molecule has 1 heterocycles. The van der Waals surface area contributed by atoms with Gasteiger partial charge < -0.3 is 10.2 Å². The van der Waals surface area contributed by atoms with E-state index in [1.807, 2.05) is 0 Å². The van der Waals surface area contributed by atoms with E-state index in [4.69, 9.17) is 0 Å². The van der Waals surface area contributed by atoms with Crippen molar-refractivity contribution in [3.05, 3.63) is 42.0 Å². The molecule has 2 aromatic rings. The summed E-state index contributed by atoms with van der Waals surface area (Å²) in [7, 11) is 2.06. The van der Waals surface area contributed by atoms with Gasteiger partial charge in [-0.1, -0.05) is 30.3 Å². The molecule has 0 amide bonds. The van der Waals surface area contributed by atoms with Gasteiger partial charge in [-0.15, -0.1) is 0 Å². The number of aryl methyl sites for hydroxylation is 1. The van der Waals surface area contributed by atoms with Crippen molar-refractivity contribution in [1.82, 2.24) is 5.32 Å². The molecule has 0 unspecified atom stereocenters. The number of hydrogen-bond donors (Lipinski definition) is 1. The lowest BCUT2D eigenvalue weighted by molar-refractivity contribution is 0.617. The summed E-state index contributed by atoms with van der Waals surface area (Å²) in [6, 6.07) is 13.8. The molecular weight excluding hydrogens is 220 g/mol. The zero-order chi connectivity index (χ0) is 12.5. The average Bonchev–Trinajstić information content (AvgIpc) is 2.87. The van der Waals surface area contributed by atoms with E-state index in [0.29, 0.717) is 6.04 Å². The number of likely N-dealkylation sites (N-methyl/N-ethyl adjacent to an activating group) is 1. The molecule has 0 bridgehead atoms. The third-order valence-electron chi connectivity index (χ3n) is 4.03. The SMILES string of the molecule is CN[C@@H]1CCN(c2cccc3cccc(C)c23)C1. The Hall–Kier alpha value is -1.54. The Morgan fingerprint density at radius 1 is 1.17 bits per heavy atom. The van der Waals surface area contributed by atoms with Crippen LogP contribution < -0.4 is 10.2 Å². The highest BCUT2D eigenvalue weighted by atomic mass is 15.2. The third-order valence-corrected chi connectivity index (χ3v) is 4.03. The van der Waals surface area contributed by atoms with Crippen LogP contribution in [0.2, 0.25) is 0 Å². The lowest BCUT2D eigenvalue weighted by Gasteiger charge is -2.21. The highest BCUT2D eigenvalue weighted by Crippen LogP contribution is 2.31. The van der Waals surface area contributed by atoms with Crippen molar-refractivity contribution in [2.24, 2.45) is 0 Å². The molecule has 94 valence electrons. The second-order valence-electron chi connectivity index (χ2n) is 5.17. The number of nitrogens with zero attached hydrogens (tertiary/aromatic N) is 1. The molecule has 0 aliphatic carbocycles. The van der Waals surface area contributed by atoms with Crippen LogP contribution in [0, 0.1) is 6.92 Å². The molecule has 1 N–H and O–H groups in total. The lowest BCUT2D eigenvalue weighted by Crippen LogP contribution is -2.29. The van der Waals surface area contributed by atoms with Crippen molar-refractivity contribution >= 4 is 16.5 Å². The second kappa shape index (κ2) is 4.62. The first-order chi connectivity index (χ1) is 8.79. The molecular formula is C16H20N2. The Bertz CT molecular complexity index is 557. The monoisotopic (exact) mass is 240 g/mol. The number of anilines is 1. The van der Waals surface area contributed by atoms with Gasteiger partial charge in [0.2, 0.25) is 0 Å². The van der Waals surface area contributed by atoms with E-state index in [2.05, 4.69) is 60.6 Å². The summed E-state index contributed by atoms with van der Waals surface area (Å²) in [5, 5.41) is 6.15. The maximum atomic E-state index is 3.38. The predicted molar refractivity (Wildman–Crippen MR) is 78.4 cm³/mol. The van der Waals surface area contributed by atoms with Crippen molar-refractivity contribution in [2.75, 3.05) is 25.0 Å². The largest absolute Gasteiger partial charge is 0.369 e. The van der Waals surface area contributed by atoms with Crippen molar-refractivity contribution in [2.45, 2.75) is 19.4 Å². The molecule has 1 aliphatic rings. The Balaban J connectivity index is 2.07. The van der Waals surface area contributed by atoms with E-state index in [9.17, 15) is 0 Å². The molecule has 0 saturated carbocycles. The minimum atomic E-state index is 0.629. The van der Waals surface area contributed by atoms with Gasteiger partial charge in [-0.2, -0.15) is 0 Å². The molecule has 2 heteroatoms. The first kappa shape index (κ1) is 11.5. The molecule has 1 atom stereocenters. The van der Waals surface area contributed by atoms with E-state index < -0.39 is 0 Å². The van der Waals surface area contributed by atoms with Gasteiger partial charge in [0.05, 0.1) is 0 Å². The fraction of sp³-hybridized carbons (Fsp3) is 0.375. The molecule has 1 aliphatic heterocycles. The molecule has 2 aromatic carbocycles. The van der Waals surface area contributed by atoms with Crippen molar-refractivity contribution in [1.29, 1.82) is 0 Å². The Labute approximate surface area is 109 Å². The van der Waals surface area contributed by atoms with E-state index in [1.165, 1.54) is 28.4 Å². The molecule has 3 rings (SSSR count). The van der Waals surface area contributed by atoms with Gasteiger partial charge in [-0.05, 0) is 37.4 Å².